The summed E-state index contributed by atoms with van der Waals surface area (Å²) >= 11 is 0. The maximum Gasteiger partial charge on any atom is 0.360 e. The molecule has 2 aromatic rings. The van der Waals surface area contributed by atoms with Gasteiger partial charge in [-0.05, 0) is 26.0 Å². The Morgan fingerprint density at radius 3 is 2.70 bits per heavy atom. The molecule has 0 bridgehead atoms. The molecule has 0 aliphatic heterocycles. The van der Waals surface area contributed by atoms with E-state index in [9.17, 15) is 4.79 Å². The monoisotopic (exact) mass is 276 g/mol. The molecule has 0 aliphatic carbocycles. The minimum Gasteiger partial charge on any atom is -0.488 e. The number of carboxylic acid groups (broad SMARTS) is 1. The Bertz CT molecular complexity index is 613. The van der Waals surface area contributed by atoms with Crippen LogP contribution in [0.4, 0.5) is 0 Å². The van der Waals surface area contributed by atoms with Gasteiger partial charge in [-0.1, -0.05) is 12.1 Å². The predicted molar refractivity (Wildman–Crippen MR) is 73.1 cm³/mol. The molecule has 0 aliphatic rings. The first-order valence-corrected chi connectivity index (χ1v) is 6.32. The highest BCUT2D eigenvalue weighted by molar-refractivity contribution is 5.96. The van der Waals surface area contributed by atoms with Crippen molar-refractivity contribution in [3.8, 4) is 5.75 Å². The van der Waals surface area contributed by atoms with Crippen LogP contribution in [0.25, 0.3) is 10.9 Å². The largest absolute Gasteiger partial charge is 0.488 e. The molecule has 106 valence electrons. The van der Waals surface area contributed by atoms with Gasteiger partial charge in [0.2, 0.25) is 5.69 Å². The van der Waals surface area contributed by atoms with Gasteiger partial charge in [0.25, 0.3) is 0 Å². The number of ether oxygens (including phenoxy) is 2. The van der Waals surface area contributed by atoms with Gasteiger partial charge >= 0.3 is 5.97 Å². The normalized spacial score (nSPS) is 10.9. The Morgan fingerprint density at radius 2 is 2.00 bits per heavy atom. The Hall–Kier alpha value is -2.21. The van der Waals surface area contributed by atoms with Crippen molar-refractivity contribution < 1.29 is 19.4 Å². The molecule has 6 nitrogen and oxygen atoms in total. The summed E-state index contributed by atoms with van der Waals surface area (Å²) < 4.78 is 10.9. The standard InChI is InChI=1S/C14H16N2O4/c1-9(2)19-7-8-20-13-10-5-3-4-6-11(10)15-16-12(13)14(17)18/h3-6,9H,7-8H2,1-2H3,(H,17,18). The summed E-state index contributed by atoms with van der Waals surface area (Å²) in [6.07, 6.45) is 0.102. The number of hydrogen-bond acceptors (Lipinski definition) is 5. The van der Waals surface area contributed by atoms with E-state index in [4.69, 9.17) is 14.6 Å². The van der Waals surface area contributed by atoms with Gasteiger partial charge in [-0.15, -0.1) is 10.2 Å². The maximum absolute atomic E-state index is 11.2. The Balaban J connectivity index is 2.28. The van der Waals surface area contributed by atoms with Crippen molar-refractivity contribution in [2.45, 2.75) is 20.0 Å². The second-order valence-corrected chi connectivity index (χ2v) is 4.47. The van der Waals surface area contributed by atoms with Crippen LogP contribution >= 0.6 is 0 Å². The fourth-order valence-electron chi connectivity index (χ4n) is 1.74. The number of benzene rings is 1. The van der Waals surface area contributed by atoms with Crippen LogP contribution in [0.5, 0.6) is 5.75 Å². The molecule has 1 heterocycles. The second-order valence-electron chi connectivity index (χ2n) is 4.47. The van der Waals surface area contributed by atoms with Crippen LogP contribution in [0.1, 0.15) is 24.3 Å². The van der Waals surface area contributed by atoms with Crippen molar-refractivity contribution in [2.24, 2.45) is 0 Å². The van der Waals surface area contributed by atoms with Crippen molar-refractivity contribution >= 4 is 16.9 Å². The molecule has 0 unspecified atom stereocenters. The lowest BCUT2D eigenvalue weighted by atomic mass is 10.2. The fraction of sp³-hybridized carbons (Fsp3) is 0.357. The number of nitrogens with zero attached hydrogens (tertiary/aromatic N) is 2. The van der Waals surface area contributed by atoms with E-state index in [1.54, 1.807) is 18.2 Å². The van der Waals surface area contributed by atoms with Gasteiger partial charge in [-0.2, -0.15) is 0 Å². The smallest absolute Gasteiger partial charge is 0.360 e. The van der Waals surface area contributed by atoms with E-state index in [-0.39, 0.29) is 24.2 Å². The molecule has 1 N–H and O–H groups in total. The Kier molecular flexibility index (Phi) is 4.47. The molecular formula is C14H16N2O4. The predicted octanol–water partition coefficient (Wildman–Crippen LogP) is 2.13. The topological polar surface area (TPSA) is 81.5 Å². The summed E-state index contributed by atoms with van der Waals surface area (Å²) in [5.41, 5.74) is 0.408. The molecule has 2 rings (SSSR count). The van der Waals surface area contributed by atoms with Gasteiger partial charge in [-0.3, -0.25) is 0 Å². The molecular weight excluding hydrogens is 260 g/mol. The van der Waals surface area contributed by atoms with E-state index in [0.29, 0.717) is 17.5 Å². The van der Waals surface area contributed by atoms with Crippen molar-refractivity contribution in [1.29, 1.82) is 0 Å². The SMILES string of the molecule is CC(C)OCCOc1c(C(=O)O)nnc2ccccc12. The number of carbonyl (C=O) groups is 1. The number of aromatic carboxylic acids is 1. The van der Waals surface area contributed by atoms with Gasteiger partial charge in [0.1, 0.15) is 6.61 Å². The van der Waals surface area contributed by atoms with E-state index in [1.807, 2.05) is 19.9 Å². The van der Waals surface area contributed by atoms with E-state index in [2.05, 4.69) is 10.2 Å². The van der Waals surface area contributed by atoms with Gasteiger partial charge in [0, 0.05) is 5.39 Å². The third-order valence-corrected chi connectivity index (χ3v) is 2.60. The summed E-state index contributed by atoms with van der Waals surface area (Å²) in [7, 11) is 0. The third kappa shape index (κ3) is 3.21. The van der Waals surface area contributed by atoms with Crippen molar-refractivity contribution in [3.05, 3.63) is 30.0 Å². The fourth-order valence-corrected chi connectivity index (χ4v) is 1.74. The highest BCUT2D eigenvalue weighted by Gasteiger charge is 2.17. The van der Waals surface area contributed by atoms with Crippen LogP contribution < -0.4 is 4.74 Å². The van der Waals surface area contributed by atoms with Crippen molar-refractivity contribution in [1.82, 2.24) is 10.2 Å². The maximum atomic E-state index is 11.2. The van der Waals surface area contributed by atoms with Crippen LogP contribution in [0, 0.1) is 0 Å². The number of fused-ring (bicyclic) bond motifs is 1. The first-order valence-electron chi connectivity index (χ1n) is 6.32. The molecule has 6 heteroatoms. The summed E-state index contributed by atoms with van der Waals surface area (Å²) in [4.78, 5) is 11.2. The van der Waals surface area contributed by atoms with Gasteiger partial charge < -0.3 is 14.6 Å². The van der Waals surface area contributed by atoms with Crippen LogP contribution in [0.3, 0.4) is 0 Å². The zero-order chi connectivity index (χ0) is 14.5. The zero-order valence-corrected chi connectivity index (χ0v) is 11.4. The summed E-state index contributed by atoms with van der Waals surface area (Å²) in [5, 5.41) is 17.4. The second kappa shape index (κ2) is 6.29. The lowest BCUT2D eigenvalue weighted by Crippen LogP contribution is -2.14. The van der Waals surface area contributed by atoms with E-state index < -0.39 is 5.97 Å². The summed E-state index contributed by atoms with van der Waals surface area (Å²) in [6.45, 7) is 4.49. The molecule has 1 aromatic carbocycles. The van der Waals surface area contributed by atoms with Crippen molar-refractivity contribution in [2.75, 3.05) is 13.2 Å². The molecule has 0 amide bonds. The van der Waals surface area contributed by atoms with Gasteiger partial charge in [-0.25, -0.2) is 4.79 Å². The molecule has 0 fully saturated rings. The molecule has 0 spiro atoms. The Labute approximate surface area is 116 Å². The zero-order valence-electron chi connectivity index (χ0n) is 11.4. The van der Waals surface area contributed by atoms with Gasteiger partial charge in [0.15, 0.2) is 5.75 Å². The van der Waals surface area contributed by atoms with Crippen molar-refractivity contribution in [3.63, 3.8) is 0 Å². The van der Waals surface area contributed by atoms with E-state index in [0.717, 1.165) is 0 Å². The molecule has 0 saturated heterocycles. The third-order valence-electron chi connectivity index (χ3n) is 2.60. The van der Waals surface area contributed by atoms with E-state index >= 15 is 0 Å². The summed E-state index contributed by atoms with van der Waals surface area (Å²) in [5.74, 6) is -0.932. The quantitative estimate of drug-likeness (QED) is 0.814. The number of hydrogen-bond donors (Lipinski definition) is 1. The Morgan fingerprint density at radius 1 is 1.25 bits per heavy atom. The average Bonchev–Trinajstić information content (AvgIpc) is 2.42. The van der Waals surface area contributed by atoms with Crippen LogP contribution in [-0.2, 0) is 4.74 Å². The van der Waals surface area contributed by atoms with Crippen LogP contribution in [-0.4, -0.2) is 40.6 Å². The summed E-state index contributed by atoms with van der Waals surface area (Å²) in [6, 6.07) is 7.12. The molecule has 0 saturated carbocycles. The van der Waals surface area contributed by atoms with E-state index in [1.165, 1.54) is 0 Å². The molecule has 1 aromatic heterocycles. The minimum absolute atomic E-state index is 0.102. The van der Waals surface area contributed by atoms with Crippen LogP contribution in [0.15, 0.2) is 24.3 Å². The lowest BCUT2D eigenvalue weighted by molar-refractivity contribution is 0.0539. The average molecular weight is 276 g/mol. The minimum atomic E-state index is -1.16. The first-order chi connectivity index (χ1) is 9.59. The van der Waals surface area contributed by atoms with Gasteiger partial charge in [0.05, 0.1) is 18.2 Å². The molecule has 20 heavy (non-hydrogen) atoms. The highest BCUT2D eigenvalue weighted by Crippen LogP contribution is 2.26. The molecule has 0 radical (unpaired) electrons. The highest BCUT2D eigenvalue weighted by atomic mass is 16.5. The lowest BCUT2D eigenvalue weighted by Gasteiger charge is -2.12. The molecule has 0 atom stereocenters. The first kappa shape index (κ1) is 14.2. The number of rotatable bonds is 6. The number of aromatic nitrogens is 2. The van der Waals surface area contributed by atoms with Crippen LogP contribution in [0.2, 0.25) is 0 Å². The number of carboxylic acids is 1.